The van der Waals surface area contributed by atoms with Crippen molar-refractivity contribution < 1.29 is 4.42 Å². The van der Waals surface area contributed by atoms with Gasteiger partial charge >= 0.3 is 0 Å². The third-order valence-corrected chi connectivity index (χ3v) is 8.71. The number of para-hydroxylation sites is 1. The third-order valence-electron chi connectivity index (χ3n) is 8.71. The molecule has 0 amide bonds. The van der Waals surface area contributed by atoms with Crippen molar-refractivity contribution in [1.82, 2.24) is 15.0 Å². The first-order valence-corrected chi connectivity index (χ1v) is 15.7. The van der Waals surface area contributed by atoms with Crippen LogP contribution in [0.2, 0.25) is 0 Å². The van der Waals surface area contributed by atoms with Crippen LogP contribution in [0.5, 0.6) is 0 Å². The summed E-state index contributed by atoms with van der Waals surface area (Å²) in [7, 11) is 0. The number of hydrogen-bond acceptors (Lipinski definition) is 4. The van der Waals surface area contributed by atoms with Crippen molar-refractivity contribution >= 4 is 32.8 Å². The van der Waals surface area contributed by atoms with E-state index in [1.165, 1.54) is 10.8 Å². The summed E-state index contributed by atoms with van der Waals surface area (Å²) in [5.74, 6) is 1.32. The van der Waals surface area contributed by atoms with Crippen LogP contribution in [0.25, 0.3) is 89.1 Å². The maximum absolute atomic E-state index is 6.31. The summed E-state index contributed by atoms with van der Waals surface area (Å²) in [4.78, 5) is 14.9. The molecule has 220 valence electrons. The second kappa shape index (κ2) is 11.2. The van der Waals surface area contributed by atoms with Crippen LogP contribution in [0.1, 0.15) is 0 Å². The van der Waals surface area contributed by atoms with E-state index in [0.717, 1.165) is 66.6 Å². The highest BCUT2D eigenvalue weighted by Gasteiger charge is 2.17. The number of fused-ring (bicyclic) bond motifs is 3. The average molecular weight is 602 g/mol. The molecule has 7 aromatic carbocycles. The number of rotatable bonds is 5. The van der Waals surface area contributed by atoms with Gasteiger partial charge in [-0.3, -0.25) is 0 Å². The summed E-state index contributed by atoms with van der Waals surface area (Å²) in [6.07, 6.45) is 0. The highest BCUT2D eigenvalue weighted by atomic mass is 16.3. The first kappa shape index (κ1) is 27.0. The number of aromatic nitrogens is 3. The number of benzene rings is 7. The number of oxazole rings is 1. The van der Waals surface area contributed by atoms with Gasteiger partial charge in [0, 0.05) is 22.1 Å². The van der Waals surface area contributed by atoms with Gasteiger partial charge in [-0.05, 0) is 69.4 Å². The molecule has 0 radical (unpaired) electrons. The van der Waals surface area contributed by atoms with Gasteiger partial charge in [0.05, 0.1) is 11.2 Å². The van der Waals surface area contributed by atoms with Crippen LogP contribution in [-0.2, 0) is 0 Å². The van der Waals surface area contributed by atoms with Crippen LogP contribution in [0.3, 0.4) is 0 Å². The van der Waals surface area contributed by atoms with Crippen LogP contribution >= 0.6 is 0 Å². The lowest BCUT2D eigenvalue weighted by atomic mass is 9.89. The van der Waals surface area contributed by atoms with Gasteiger partial charge in [0.25, 0.3) is 0 Å². The molecule has 0 saturated carbocycles. The Labute approximate surface area is 271 Å². The van der Waals surface area contributed by atoms with E-state index < -0.39 is 0 Å². The summed E-state index contributed by atoms with van der Waals surface area (Å²) in [5, 5.41) is 3.38. The lowest BCUT2D eigenvalue weighted by Crippen LogP contribution is -1.95. The lowest BCUT2D eigenvalue weighted by Gasteiger charge is -2.15. The predicted molar refractivity (Wildman–Crippen MR) is 192 cm³/mol. The minimum Gasteiger partial charge on any atom is -0.436 e. The molecule has 0 aliphatic carbocycles. The SMILES string of the molecule is c1ccc(-c2nc3ccc(-c4c(-c5cccc(-c6nc(-c7ccccc7)c7ccccc7n6)c5)ccc5ccccc45)cc3o2)cc1. The molecular weight excluding hydrogens is 574 g/mol. The normalized spacial score (nSPS) is 11.4. The quantitative estimate of drug-likeness (QED) is 0.197. The molecule has 0 fully saturated rings. The Morgan fingerprint density at radius 1 is 0.404 bits per heavy atom. The van der Waals surface area contributed by atoms with Gasteiger partial charge in [0.2, 0.25) is 5.89 Å². The maximum Gasteiger partial charge on any atom is 0.227 e. The summed E-state index contributed by atoms with van der Waals surface area (Å²) in [6.45, 7) is 0. The second-order valence-electron chi connectivity index (χ2n) is 11.6. The maximum atomic E-state index is 6.31. The Kier molecular flexibility index (Phi) is 6.43. The van der Waals surface area contributed by atoms with Gasteiger partial charge in [-0.15, -0.1) is 0 Å². The third kappa shape index (κ3) is 4.84. The fraction of sp³-hybridized carbons (Fsp3) is 0. The average Bonchev–Trinajstić information content (AvgIpc) is 3.58. The minimum absolute atomic E-state index is 0.619. The van der Waals surface area contributed by atoms with Gasteiger partial charge in [-0.2, -0.15) is 0 Å². The lowest BCUT2D eigenvalue weighted by molar-refractivity contribution is 0.620. The molecular formula is C43H27N3O. The molecule has 0 spiro atoms. The fourth-order valence-corrected chi connectivity index (χ4v) is 6.46. The summed E-state index contributed by atoms with van der Waals surface area (Å²) >= 11 is 0. The molecule has 2 heterocycles. The molecule has 0 unspecified atom stereocenters. The standard InChI is InChI=1S/C43H27N3O/c1-3-13-29(14-4-1)41-36-20-9-10-21-37(36)44-42(46-41)33-18-11-17-31(26-33)35-24-22-28-12-7-8-19-34(28)40(35)32-23-25-38-39(27-32)47-43(45-38)30-15-5-2-6-16-30/h1-27H. The van der Waals surface area contributed by atoms with Crippen molar-refractivity contribution in [2.75, 3.05) is 0 Å². The molecule has 9 rings (SSSR count). The Morgan fingerprint density at radius 3 is 1.96 bits per heavy atom. The highest BCUT2D eigenvalue weighted by Crippen LogP contribution is 2.41. The molecule has 47 heavy (non-hydrogen) atoms. The zero-order chi connectivity index (χ0) is 31.2. The molecule has 0 aliphatic heterocycles. The number of hydrogen-bond donors (Lipinski definition) is 0. The van der Waals surface area contributed by atoms with Crippen LogP contribution in [0.4, 0.5) is 0 Å². The van der Waals surface area contributed by atoms with Crippen molar-refractivity contribution in [2.24, 2.45) is 0 Å². The zero-order valence-electron chi connectivity index (χ0n) is 25.3. The first-order chi connectivity index (χ1) is 23.3. The van der Waals surface area contributed by atoms with Gasteiger partial charge in [-0.25, -0.2) is 15.0 Å². The van der Waals surface area contributed by atoms with Crippen molar-refractivity contribution in [3.8, 4) is 56.4 Å². The summed E-state index contributed by atoms with van der Waals surface area (Å²) < 4.78 is 6.31. The Bertz CT molecular complexity index is 2570. The zero-order valence-corrected chi connectivity index (χ0v) is 25.3. The molecule has 2 aromatic heterocycles. The van der Waals surface area contributed by atoms with Crippen LogP contribution < -0.4 is 0 Å². The van der Waals surface area contributed by atoms with Crippen molar-refractivity contribution in [1.29, 1.82) is 0 Å². The summed E-state index contributed by atoms with van der Waals surface area (Å²) in [6, 6.07) is 56.4. The van der Waals surface area contributed by atoms with E-state index in [0.29, 0.717) is 11.7 Å². The van der Waals surface area contributed by atoms with E-state index in [1.807, 2.05) is 60.7 Å². The van der Waals surface area contributed by atoms with E-state index in [-0.39, 0.29) is 0 Å². The van der Waals surface area contributed by atoms with E-state index in [1.54, 1.807) is 0 Å². The van der Waals surface area contributed by atoms with E-state index in [2.05, 4.69) is 103 Å². The van der Waals surface area contributed by atoms with Crippen molar-refractivity contribution in [3.05, 3.63) is 164 Å². The van der Waals surface area contributed by atoms with Gasteiger partial charge in [0.1, 0.15) is 5.52 Å². The van der Waals surface area contributed by atoms with Crippen LogP contribution in [0.15, 0.2) is 168 Å². The fourth-order valence-electron chi connectivity index (χ4n) is 6.46. The monoisotopic (exact) mass is 601 g/mol. The Hall–Kier alpha value is -6.39. The van der Waals surface area contributed by atoms with Crippen molar-refractivity contribution in [2.45, 2.75) is 0 Å². The van der Waals surface area contributed by atoms with E-state index in [9.17, 15) is 0 Å². The summed E-state index contributed by atoms with van der Waals surface area (Å²) in [5.41, 5.74) is 10.8. The first-order valence-electron chi connectivity index (χ1n) is 15.7. The van der Waals surface area contributed by atoms with Crippen molar-refractivity contribution in [3.63, 3.8) is 0 Å². The van der Waals surface area contributed by atoms with Crippen LogP contribution in [0, 0.1) is 0 Å². The van der Waals surface area contributed by atoms with Crippen LogP contribution in [-0.4, -0.2) is 15.0 Å². The molecule has 0 atom stereocenters. The highest BCUT2D eigenvalue weighted by molar-refractivity contribution is 6.05. The Balaban J connectivity index is 1.21. The Morgan fingerprint density at radius 2 is 1.11 bits per heavy atom. The van der Waals surface area contributed by atoms with Gasteiger partial charge in [0.15, 0.2) is 11.4 Å². The van der Waals surface area contributed by atoms with Gasteiger partial charge in [-0.1, -0.05) is 127 Å². The topological polar surface area (TPSA) is 51.8 Å². The second-order valence-corrected chi connectivity index (χ2v) is 11.6. The predicted octanol–water partition coefficient (Wildman–Crippen LogP) is 11.3. The minimum atomic E-state index is 0.619. The largest absolute Gasteiger partial charge is 0.436 e. The number of nitrogens with zero attached hydrogens (tertiary/aromatic N) is 3. The smallest absolute Gasteiger partial charge is 0.227 e. The molecule has 0 N–H and O–H groups in total. The van der Waals surface area contributed by atoms with E-state index >= 15 is 0 Å². The van der Waals surface area contributed by atoms with E-state index in [4.69, 9.17) is 19.4 Å². The molecule has 4 nitrogen and oxygen atoms in total. The molecule has 4 heteroatoms. The molecule has 0 aliphatic rings. The van der Waals surface area contributed by atoms with Gasteiger partial charge < -0.3 is 4.42 Å². The molecule has 0 saturated heterocycles. The molecule has 9 aromatic rings. The molecule has 0 bridgehead atoms.